The summed E-state index contributed by atoms with van der Waals surface area (Å²) >= 11 is 5.94. The Morgan fingerprint density at radius 2 is 2.33 bits per heavy atom. The van der Waals surface area contributed by atoms with Crippen molar-refractivity contribution in [3.8, 4) is 0 Å². The van der Waals surface area contributed by atoms with Crippen LogP contribution in [0.2, 0.25) is 5.02 Å². The van der Waals surface area contributed by atoms with Gasteiger partial charge in [-0.15, -0.1) is 0 Å². The zero-order valence-electron chi connectivity index (χ0n) is 10.6. The van der Waals surface area contributed by atoms with Gasteiger partial charge in [0.25, 0.3) is 0 Å². The van der Waals surface area contributed by atoms with Crippen molar-refractivity contribution in [3.63, 3.8) is 0 Å². The lowest BCUT2D eigenvalue weighted by Crippen LogP contribution is -2.33. The van der Waals surface area contributed by atoms with Gasteiger partial charge < -0.3 is 9.47 Å². The molecule has 1 heterocycles. The second kappa shape index (κ2) is 5.29. The number of methoxy groups -OCH3 is 1. The molecule has 1 aromatic rings. The molecule has 0 spiro atoms. The molecule has 1 saturated heterocycles. The first-order valence-electron chi connectivity index (χ1n) is 6.05. The van der Waals surface area contributed by atoms with Crippen LogP contribution in [-0.2, 0) is 20.7 Å². The van der Waals surface area contributed by atoms with Crippen molar-refractivity contribution in [1.29, 1.82) is 0 Å². The summed E-state index contributed by atoms with van der Waals surface area (Å²) in [5.74, 6) is -0.120. The van der Waals surface area contributed by atoms with E-state index in [-0.39, 0.29) is 11.9 Å². The smallest absolute Gasteiger partial charge is 0.340 e. The summed E-state index contributed by atoms with van der Waals surface area (Å²) in [4.78, 5) is 11.6. The summed E-state index contributed by atoms with van der Waals surface area (Å²) in [6.45, 7) is 2.49. The molecule has 0 N–H and O–H groups in total. The minimum atomic E-state index is -0.701. The van der Waals surface area contributed by atoms with Gasteiger partial charge in [-0.1, -0.05) is 30.7 Å². The predicted octanol–water partition coefficient (Wildman–Crippen LogP) is 2.85. The van der Waals surface area contributed by atoms with Gasteiger partial charge in [-0.2, -0.15) is 0 Å². The second-order valence-electron chi connectivity index (χ2n) is 4.74. The first-order chi connectivity index (χ1) is 8.58. The average molecular weight is 269 g/mol. The third kappa shape index (κ3) is 2.68. The van der Waals surface area contributed by atoms with Gasteiger partial charge in [-0.3, -0.25) is 0 Å². The van der Waals surface area contributed by atoms with Crippen LogP contribution in [0.1, 0.15) is 18.9 Å². The first-order valence-corrected chi connectivity index (χ1v) is 6.43. The fourth-order valence-corrected chi connectivity index (χ4v) is 2.38. The number of carbonyl (C=O) groups is 1. The number of benzene rings is 1. The molecule has 2 unspecified atom stereocenters. The SMILES string of the molecule is COC(=O)C1(C(C)CCc2cccc(Cl)c2)CO1. The van der Waals surface area contributed by atoms with Crippen molar-refractivity contribution in [1.82, 2.24) is 0 Å². The van der Waals surface area contributed by atoms with Crippen molar-refractivity contribution in [3.05, 3.63) is 34.9 Å². The molecule has 98 valence electrons. The Hall–Kier alpha value is -1.06. The number of hydrogen-bond donors (Lipinski definition) is 0. The van der Waals surface area contributed by atoms with Crippen LogP contribution in [0, 0.1) is 5.92 Å². The maximum absolute atomic E-state index is 11.6. The van der Waals surface area contributed by atoms with Gasteiger partial charge in [0, 0.05) is 5.02 Å². The summed E-state index contributed by atoms with van der Waals surface area (Å²) in [6, 6.07) is 7.78. The van der Waals surface area contributed by atoms with E-state index in [1.54, 1.807) is 0 Å². The molecule has 2 atom stereocenters. The highest BCUT2D eigenvalue weighted by Crippen LogP contribution is 2.38. The van der Waals surface area contributed by atoms with Gasteiger partial charge in [-0.25, -0.2) is 4.79 Å². The molecule has 1 aliphatic rings. The summed E-state index contributed by atoms with van der Waals surface area (Å²) in [5.41, 5.74) is 0.475. The Bertz CT molecular complexity index is 440. The van der Waals surface area contributed by atoms with E-state index in [9.17, 15) is 4.79 Å². The second-order valence-corrected chi connectivity index (χ2v) is 5.18. The number of halogens is 1. The molecule has 0 aliphatic carbocycles. The van der Waals surface area contributed by atoms with E-state index in [1.165, 1.54) is 12.7 Å². The van der Waals surface area contributed by atoms with Gasteiger partial charge in [0.15, 0.2) is 5.60 Å². The quantitative estimate of drug-likeness (QED) is 0.609. The van der Waals surface area contributed by atoms with E-state index in [0.29, 0.717) is 6.61 Å². The molecular formula is C14H17ClO3. The zero-order chi connectivity index (χ0) is 13.2. The van der Waals surface area contributed by atoms with Gasteiger partial charge in [0.05, 0.1) is 13.7 Å². The largest absolute Gasteiger partial charge is 0.467 e. The average Bonchev–Trinajstić information content (AvgIpc) is 3.16. The van der Waals surface area contributed by atoms with Crippen LogP contribution in [0.15, 0.2) is 24.3 Å². The number of hydrogen-bond acceptors (Lipinski definition) is 3. The van der Waals surface area contributed by atoms with E-state index < -0.39 is 5.60 Å². The number of aryl methyl sites for hydroxylation is 1. The molecule has 0 bridgehead atoms. The lowest BCUT2D eigenvalue weighted by molar-refractivity contribution is -0.149. The number of esters is 1. The summed E-state index contributed by atoms with van der Waals surface area (Å²) in [5, 5.41) is 0.741. The Balaban J connectivity index is 1.93. The van der Waals surface area contributed by atoms with E-state index in [0.717, 1.165) is 17.9 Å². The minimum absolute atomic E-state index is 0.143. The molecule has 0 aromatic heterocycles. The highest BCUT2D eigenvalue weighted by molar-refractivity contribution is 6.30. The zero-order valence-corrected chi connectivity index (χ0v) is 11.4. The molecule has 1 aromatic carbocycles. The lowest BCUT2D eigenvalue weighted by atomic mass is 9.89. The molecule has 1 fully saturated rings. The van der Waals surface area contributed by atoms with Gasteiger partial charge >= 0.3 is 5.97 Å². The molecule has 0 saturated carbocycles. The predicted molar refractivity (Wildman–Crippen MR) is 69.6 cm³/mol. The molecule has 0 radical (unpaired) electrons. The molecule has 3 nitrogen and oxygen atoms in total. The fourth-order valence-electron chi connectivity index (χ4n) is 2.16. The third-order valence-electron chi connectivity index (χ3n) is 3.54. The monoisotopic (exact) mass is 268 g/mol. The number of epoxide rings is 1. The summed E-state index contributed by atoms with van der Waals surface area (Å²) < 4.78 is 10.1. The normalized spacial score (nSPS) is 23.5. The first kappa shape index (κ1) is 13.4. The Labute approximate surface area is 112 Å². The molecule has 2 rings (SSSR count). The van der Waals surface area contributed by atoms with E-state index >= 15 is 0 Å². The summed E-state index contributed by atoms with van der Waals surface area (Å²) in [6.07, 6.45) is 1.75. The van der Waals surface area contributed by atoms with Crippen molar-refractivity contribution in [2.24, 2.45) is 5.92 Å². The molecule has 0 amide bonds. The molecule has 4 heteroatoms. The fraction of sp³-hybridized carbons (Fsp3) is 0.500. The highest BCUT2D eigenvalue weighted by atomic mass is 35.5. The molecule has 1 aliphatic heterocycles. The van der Waals surface area contributed by atoms with Crippen LogP contribution in [0.3, 0.4) is 0 Å². The Kier molecular flexibility index (Phi) is 3.93. The maximum atomic E-state index is 11.6. The number of carbonyl (C=O) groups excluding carboxylic acids is 1. The highest BCUT2D eigenvalue weighted by Gasteiger charge is 2.57. The third-order valence-corrected chi connectivity index (χ3v) is 3.77. The van der Waals surface area contributed by atoms with Gasteiger partial charge in [0.1, 0.15) is 0 Å². The maximum Gasteiger partial charge on any atom is 0.340 e. The molecule has 18 heavy (non-hydrogen) atoms. The Morgan fingerprint density at radius 1 is 1.61 bits per heavy atom. The van der Waals surface area contributed by atoms with E-state index in [2.05, 4.69) is 0 Å². The van der Waals surface area contributed by atoms with Crippen LogP contribution < -0.4 is 0 Å². The van der Waals surface area contributed by atoms with Gasteiger partial charge in [-0.05, 0) is 36.5 Å². The van der Waals surface area contributed by atoms with Crippen LogP contribution >= 0.6 is 11.6 Å². The van der Waals surface area contributed by atoms with Crippen LogP contribution in [-0.4, -0.2) is 25.3 Å². The number of rotatable bonds is 5. The lowest BCUT2D eigenvalue weighted by Gasteiger charge is -2.17. The van der Waals surface area contributed by atoms with E-state index in [4.69, 9.17) is 21.1 Å². The van der Waals surface area contributed by atoms with Crippen LogP contribution in [0.4, 0.5) is 0 Å². The summed E-state index contributed by atoms with van der Waals surface area (Å²) in [7, 11) is 1.40. The van der Waals surface area contributed by atoms with Crippen molar-refractivity contribution >= 4 is 17.6 Å². The van der Waals surface area contributed by atoms with E-state index in [1.807, 2.05) is 31.2 Å². The standard InChI is InChI=1S/C14H17ClO3/c1-10(14(9-18-14)13(16)17-2)6-7-11-4-3-5-12(15)8-11/h3-5,8,10H,6-7,9H2,1-2H3. The topological polar surface area (TPSA) is 38.8 Å². The van der Waals surface area contributed by atoms with Crippen LogP contribution in [0.5, 0.6) is 0 Å². The van der Waals surface area contributed by atoms with Crippen molar-refractivity contribution in [2.75, 3.05) is 13.7 Å². The molecular weight excluding hydrogens is 252 g/mol. The minimum Gasteiger partial charge on any atom is -0.467 e. The number of ether oxygens (including phenoxy) is 2. The van der Waals surface area contributed by atoms with Crippen molar-refractivity contribution < 1.29 is 14.3 Å². The Morgan fingerprint density at radius 3 is 2.89 bits per heavy atom. The van der Waals surface area contributed by atoms with Crippen LogP contribution in [0.25, 0.3) is 0 Å². The van der Waals surface area contributed by atoms with Gasteiger partial charge in [0.2, 0.25) is 0 Å². The van der Waals surface area contributed by atoms with Crippen molar-refractivity contribution in [2.45, 2.75) is 25.4 Å².